The molecule has 1 aromatic heterocycles. The Balaban J connectivity index is 2.54. The Morgan fingerprint density at radius 2 is 1.76 bits per heavy atom. The lowest BCUT2D eigenvalue weighted by atomic mass is 10.0. The monoisotopic (exact) mass is 227 g/mol. The van der Waals surface area contributed by atoms with Crippen LogP contribution in [-0.2, 0) is 6.42 Å². The minimum Gasteiger partial charge on any atom is -0.330 e. The topological polar surface area (TPSA) is 51.8 Å². The van der Waals surface area contributed by atoms with Crippen molar-refractivity contribution in [3.05, 3.63) is 47.4 Å². The second-order valence-electron chi connectivity index (χ2n) is 4.10. The molecular formula is C14H17N3. The molecule has 0 aliphatic rings. The second kappa shape index (κ2) is 5.06. The fourth-order valence-electron chi connectivity index (χ4n) is 1.94. The molecule has 88 valence electrons. The molecule has 0 aliphatic heterocycles. The highest BCUT2D eigenvalue weighted by Gasteiger charge is 2.09. The zero-order valence-corrected chi connectivity index (χ0v) is 10.3. The molecule has 3 heteroatoms. The van der Waals surface area contributed by atoms with Gasteiger partial charge in [-0.2, -0.15) is 0 Å². The number of nitrogens with two attached hydrogens (primary N) is 1. The molecule has 1 aromatic carbocycles. The van der Waals surface area contributed by atoms with Crippen molar-refractivity contribution >= 4 is 0 Å². The maximum atomic E-state index is 5.61. The third kappa shape index (κ3) is 2.50. The molecule has 0 aliphatic carbocycles. The molecule has 2 N–H and O–H groups in total. The van der Waals surface area contributed by atoms with Gasteiger partial charge in [0.05, 0.1) is 5.69 Å². The Morgan fingerprint density at radius 3 is 2.41 bits per heavy atom. The third-order valence-electron chi connectivity index (χ3n) is 2.79. The summed E-state index contributed by atoms with van der Waals surface area (Å²) in [5.74, 6) is 0.804. The number of rotatable bonds is 3. The van der Waals surface area contributed by atoms with Gasteiger partial charge in [0.25, 0.3) is 0 Å². The van der Waals surface area contributed by atoms with Crippen LogP contribution in [0.25, 0.3) is 11.3 Å². The quantitative estimate of drug-likeness (QED) is 0.875. The molecule has 3 nitrogen and oxygen atoms in total. The van der Waals surface area contributed by atoms with E-state index in [1.807, 2.05) is 25.1 Å². The fraction of sp³-hybridized carbons (Fsp3) is 0.286. The molecule has 0 spiro atoms. The Hall–Kier alpha value is -1.74. The summed E-state index contributed by atoms with van der Waals surface area (Å²) in [6, 6.07) is 10.2. The lowest BCUT2D eigenvalue weighted by Crippen LogP contribution is -2.09. The smallest absolute Gasteiger partial charge is 0.126 e. The van der Waals surface area contributed by atoms with Crippen molar-refractivity contribution in [1.82, 2.24) is 9.97 Å². The molecule has 17 heavy (non-hydrogen) atoms. The summed E-state index contributed by atoms with van der Waals surface area (Å²) in [5.41, 5.74) is 9.94. The van der Waals surface area contributed by atoms with Crippen molar-refractivity contribution in [3.63, 3.8) is 0 Å². The summed E-state index contributed by atoms with van der Waals surface area (Å²) in [7, 11) is 0. The average molecular weight is 227 g/mol. The first-order chi connectivity index (χ1) is 8.22. The van der Waals surface area contributed by atoms with Crippen LogP contribution in [-0.4, -0.2) is 16.5 Å². The molecule has 0 amide bonds. The lowest BCUT2D eigenvalue weighted by molar-refractivity contribution is 0.875. The van der Waals surface area contributed by atoms with Crippen molar-refractivity contribution < 1.29 is 0 Å². The van der Waals surface area contributed by atoms with Crippen LogP contribution < -0.4 is 5.73 Å². The van der Waals surface area contributed by atoms with Crippen LogP contribution in [0, 0.1) is 13.8 Å². The van der Waals surface area contributed by atoms with Gasteiger partial charge in [0, 0.05) is 17.7 Å². The van der Waals surface area contributed by atoms with Crippen molar-refractivity contribution in [1.29, 1.82) is 0 Å². The van der Waals surface area contributed by atoms with Gasteiger partial charge >= 0.3 is 0 Å². The third-order valence-corrected chi connectivity index (χ3v) is 2.79. The fourth-order valence-corrected chi connectivity index (χ4v) is 1.94. The molecule has 2 rings (SSSR count). The Kier molecular flexibility index (Phi) is 3.49. The minimum absolute atomic E-state index is 0.617. The van der Waals surface area contributed by atoms with Crippen molar-refractivity contribution in [2.75, 3.05) is 6.54 Å². The molecule has 0 atom stereocenters. The van der Waals surface area contributed by atoms with Gasteiger partial charge < -0.3 is 5.73 Å². The van der Waals surface area contributed by atoms with E-state index >= 15 is 0 Å². The summed E-state index contributed by atoms with van der Waals surface area (Å²) < 4.78 is 0. The maximum Gasteiger partial charge on any atom is 0.126 e. The van der Waals surface area contributed by atoms with Crippen LogP contribution in [0.5, 0.6) is 0 Å². The van der Waals surface area contributed by atoms with E-state index in [1.165, 1.54) is 0 Å². The van der Waals surface area contributed by atoms with Gasteiger partial charge in [0.1, 0.15) is 5.82 Å². The van der Waals surface area contributed by atoms with E-state index in [1.54, 1.807) is 0 Å². The number of aryl methyl sites for hydroxylation is 1. The summed E-state index contributed by atoms with van der Waals surface area (Å²) >= 11 is 0. The predicted octanol–water partition coefficient (Wildman–Crippen LogP) is 2.26. The van der Waals surface area contributed by atoms with Gasteiger partial charge in [-0.25, -0.2) is 9.97 Å². The largest absolute Gasteiger partial charge is 0.330 e. The first kappa shape index (κ1) is 11.7. The first-order valence-corrected chi connectivity index (χ1v) is 5.82. The van der Waals surface area contributed by atoms with Crippen LogP contribution in [0.15, 0.2) is 30.3 Å². The summed E-state index contributed by atoms with van der Waals surface area (Å²) in [5, 5.41) is 0. The van der Waals surface area contributed by atoms with Gasteiger partial charge in [-0.05, 0) is 26.0 Å². The summed E-state index contributed by atoms with van der Waals surface area (Å²) in [4.78, 5) is 8.99. The zero-order chi connectivity index (χ0) is 12.3. The Labute approximate surface area is 102 Å². The number of benzene rings is 1. The predicted molar refractivity (Wildman–Crippen MR) is 69.7 cm³/mol. The van der Waals surface area contributed by atoms with E-state index in [2.05, 4.69) is 29.0 Å². The van der Waals surface area contributed by atoms with Gasteiger partial charge in [0.15, 0.2) is 0 Å². The number of hydrogen-bond donors (Lipinski definition) is 1. The molecule has 0 saturated carbocycles. The molecule has 0 radical (unpaired) electrons. The highest BCUT2D eigenvalue weighted by molar-refractivity contribution is 5.63. The molecule has 0 unspecified atom stereocenters. The van der Waals surface area contributed by atoms with E-state index in [4.69, 9.17) is 5.73 Å². The highest BCUT2D eigenvalue weighted by atomic mass is 14.9. The van der Waals surface area contributed by atoms with Crippen LogP contribution in [0.1, 0.15) is 17.1 Å². The molecule has 0 saturated heterocycles. The molecular weight excluding hydrogens is 210 g/mol. The van der Waals surface area contributed by atoms with Crippen LogP contribution in [0.3, 0.4) is 0 Å². The molecule has 1 heterocycles. The van der Waals surface area contributed by atoms with Crippen LogP contribution in [0.2, 0.25) is 0 Å². The molecule has 0 bridgehead atoms. The second-order valence-corrected chi connectivity index (χ2v) is 4.10. The van der Waals surface area contributed by atoms with Crippen LogP contribution in [0.4, 0.5) is 0 Å². The zero-order valence-electron chi connectivity index (χ0n) is 10.3. The van der Waals surface area contributed by atoms with Gasteiger partial charge in [0.2, 0.25) is 0 Å². The SMILES string of the molecule is Cc1nc(CCN)c(C)c(-c2ccccc2)n1. The van der Waals surface area contributed by atoms with Crippen molar-refractivity contribution in [2.24, 2.45) is 5.73 Å². The number of hydrogen-bond acceptors (Lipinski definition) is 3. The minimum atomic E-state index is 0.617. The van der Waals surface area contributed by atoms with E-state index in [-0.39, 0.29) is 0 Å². The molecule has 2 aromatic rings. The standard InChI is InChI=1S/C14H17N3/c1-10-13(8-9-15)16-11(2)17-14(10)12-6-4-3-5-7-12/h3-7H,8-9,15H2,1-2H3. The van der Waals surface area contributed by atoms with E-state index in [9.17, 15) is 0 Å². The van der Waals surface area contributed by atoms with E-state index in [0.29, 0.717) is 6.54 Å². The van der Waals surface area contributed by atoms with Crippen LogP contribution >= 0.6 is 0 Å². The first-order valence-electron chi connectivity index (χ1n) is 5.82. The number of nitrogens with zero attached hydrogens (tertiary/aromatic N) is 2. The van der Waals surface area contributed by atoms with Gasteiger partial charge in [-0.15, -0.1) is 0 Å². The maximum absolute atomic E-state index is 5.61. The van der Waals surface area contributed by atoms with E-state index < -0.39 is 0 Å². The summed E-state index contributed by atoms with van der Waals surface area (Å²) in [6.45, 7) is 4.60. The average Bonchev–Trinajstić information content (AvgIpc) is 2.35. The highest BCUT2D eigenvalue weighted by Crippen LogP contribution is 2.22. The van der Waals surface area contributed by atoms with Gasteiger partial charge in [-0.3, -0.25) is 0 Å². The Bertz CT molecular complexity index is 506. The van der Waals surface area contributed by atoms with Crippen molar-refractivity contribution in [3.8, 4) is 11.3 Å². The number of aromatic nitrogens is 2. The Morgan fingerprint density at radius 1 is 1.06 bits per heavy atom. The van der Waals surface area contributed by atoms with Crippen molar-refractivity contribution in [2.45, 2.75) is 20.3 Å². The van der Waals surface area contributed by atoms with E-state index in [0.717, 1.165) is 34.8 Å². The molecule has 0 fully saturated rings. The summed E-state index contributed by atoms with van der Waals surface area (Å²) in [6.07, 6.45) is 0.801. The lowest BCUT2D eigenvalue weighted by Gasteiger charge is -2.10. The normalized spacial score (nSPS) is 10.5. The van der Waals surface area contributed by atoms with Gasteiger partial charge in [-0.1, -0.05) is 30.3 Å².